The summed E-state index contributed by atoms with van der Waals surface area (Å²) in [5.74, 6) is -0.552. The van der Waals surface area contributed by atoms with Crippen LogP contribution in [0.5, 0.6) is 0 Å². The molecular weight excluding hydrogens is 359 g/mol. The van der Waals surface area contributed by atoms with E-state index in [2.05, 4.69) is 10.3 Å². The standard InChI is InChI=1S/C19H14ClFN2OS/c1-11-22-15(10-25-11)9-19(12-2-4-13(20)5-3-12)16-8-14(21)6-7-17(16)23-18(19)24/h2-8,10H,9H2,1H3,(H,23,24). The zero-order valence-electron chi connectivity index (χ0n) is 13.3. The molecule has 3 aromatic rings. The summed E-state index contributed by atoms with van der Waals surface area (Å²) >= 11 is 7.55. The number of nitrogens with zero attached hydrogens (tertiary/aromatic N) is 1. The molecule has 3 nitrogen and oxygen atoms in total. The summed E-state index contributed by atoms with van der Waals surface area (Å²) in [5, 5.41) is 6.35. The average molecular weight is 373 g/mol. The highest BCUT2D eigenvalue weighted by Crippen LogP contribution is 2.45. The molecule has 0 radical (unpaired) electrons. The minimum Gasteiger partial charge on any atom is -0.325 e. The minimum absolute atomic E-state index is 0.180. The van der Waals surface area contributed by atoms with E-state index in [4.69, 9.17) is 11.6 Å². The van der Waals surface area contributed by atoms with Crippen LogP contribution in [0.2, 0.25) is 5.02 Å². The molecule has 0 saturated heterocycles. The molecule has 6 heteroatoms. The van der Waals surface area contributed by atoms with Crippen LogP contribution in [0, 0.1) is 12.7 Å². The molecule has 0 aliphatic carbocycles. The Morgan fingerprint density at radius 2 is 2.00 bits per heavy atom. The number of benzene rings is 2. The molecule has 1 aromatic heterocycles. The maximum Gasteiger partial charge on any atom is 0.239 e. The number of fused-ring (bicyclic) bond motifs is 1. The van der Waals surface area contributed by atoms with Crippen molar-refractivity contribution in [2.45, 2.75) is 18.8 Å². The Bertz CT molecular complexity index is 970. The average Bonchev–Trinajstić information content (AvgIpc) is 3.11. The van der Waals surface area contributed by atoms with Gasteiger partial charge in [-0.05, 0) is 48.4 Å². The van der Waals surface area contributed by atoms with Crippen LogP contribution in [0.3, 0.4) is 0 Å². The van der Waals surface area contributed by atoms with Gasteiger partial charge >= 0.3 is 0 Å². The molecule has 1 atom stereocenters. The lowest BCUT2D eigenvalue weighted by atomic mass is 9.72. The minimum atomic E-state index is -1.03. The van der Waals surface area contributed by atoms with E-state index >= 15 is 0 Å². The van der Waals surface area contributed by atoms with E-state index in [1.165, 1.54) is 23.5 Å². The normalized spacial score (nSPS) is 18.9. The quantitative estimate of drug-likeness (QED) is 0.722. The van der Waals surface area contributed by atoms with Crippen molar-refractivity contribution in [1.29, 1.82) is 0 Å². The van der Waals surface area contributed by atoms with Crippen LogP contribution in [0.1, 0.15) is 21.8 Å². The molecule has 0 fully saturated rings. The van der Waals surface area contributed by atoms with Gasteiger partial charge in [-0.15, -0.1) is 11.3 Å². The van der Waals surface area contributed by atoms with E-state index in [9.17, 15) is 9.18 Å². The van der Waals surface area contributed by atoms with Crippen LogP contribution >= 0.6 is 22.9 Å². The number of halogens is 2. The molecule has 1 unspecified atom stereocenters. The van der Waals surface area contributed by atoms with Crippen molar-refractivity contribution in [2.75, 3.05) is 5.32 Å². The molecule has 126 valence electrons. The predicted octanol–water partition coefficient (Wildman–Crippen LogP) is 4.72. The van der Waals surface area contributed by atoms with Crippen LogP contribution < -0.4 is 5.32 Å². The van der Waals surface area contributed by atoms with Crippen molar-refractivity contribution >= 4 is 34.5 Å². The summed E-state index contributed by atoms with van der Waals surface area (Å²) < 4.78 is 14.0. The zero-order valence-corrected chi connectivity index (χ0v) is 14.9. The summed E-state index contributed by atoms with van der Waals surface area (Å²) in [4.78, 5) is 17.6. The summed E-state index contributed by atoms with van der Waals surface area (Å²) in [6.07, 6.45) is 0.362. The summed E-state index contributed by atoms with van der Waals surface area (Å²) in [6.45, 7) is 1.92. The number of hydrogen-bond acceptors (Lipinski definition) is 3. The zero-order chi connectivity index (χ0) is 17.6. The number of hydrogen-bond donors (Lipinski definition) is 1. The van der Waals surface area contributed by atoms with Crippen LogP contribution in [0.4, 0.5) is 10.1 Å². The van der Waals surface area contributed by atoms with Gasteiger partial charge in [0.2, 0.25) is 5.91 Å². The van der Waals surface area contributed by atoms with E-state index in [-0.39, 0.29) is 11.7 Å². The van der Waals surface area contributed by atoms with E-state index in [1.807, 2.05) is 24.4 Å². The molecular formula is C19H14ClFN2OS. The topological polar surface area (TPSA) is 42.0 Å². The maximum atomic E-state index is 14.0. The van der Waals surface area contributed by atoms with E-state index in [0.717, 1.165) is 16.3 Å². The second kappa shape index (κ2) is 5.93. The fourth-order valence-corrected chi connectivity index (χ4v) is 4.13. The maximum absolute atomic E-state index is 14.0. The van der Waals surface area contributed by atoms with Gasteiger partial charge < -0.3 is 5.32 Å². The molecule has 1 N–H and O–H groups in total. The summed E-state index contributed by atoms with van der Waals surface area (Å²) in [6, 6.07) is 11.5. The van der Waals surface area contributed by atoms with Gasteiger partial charge in [0.15, 0.2) is 0 Å². The Hall–Kier alpha value is -2.24. The SMILES string of the molecule is Cc1nc(CC2(c3ccc(Cl)cc3)C(=O)Nc3ccc(F)cc32)cs1. The van der Waals surface area contributed by atoms with Gasteiger partial charge in [-0.1, -0.05) is 23.7 Å². The van der Waals surface area contributed by atoms with Gasteiger partial charge in [0.1, 0.15) is 11.2 Å². The second-order valence-electron chi connectivity index (χ2n) is 6.09. The highest BCUT2D eigenvalue weighted by Gasteiger charge is 2.48. The number of carbonyl (C=O) groups excluding carboxylic acids is 1. The van der Waals surface area contributed by atoms with E-state index in [1.54, 1.807) is 18.2 Å². The molecule has 1 aliphatic rings. The highest BCUT2D eigenvalue weighted by molar-refractivity contribution is 7.09. The third-order valence-corrected chi connectivity index (χ3v) is 5.60. The van der Waals surface area contributed by atoms with E-state index in [0.29, 0.717) is 22.7 Å². The van der Waals surface area contributed by atoms with Crippen molar-refractivity contribution in [3.63, 3.8) is 0 Å². The molecule has 0 bridgehead atoms. The van der Waals surface area contributed by atoms with E-state index < -0.39 is 5.41 Å². The Morgan fingerprint density at radius 1 is 1.24 bits per heavy atom. The number of carbonyl (C=O) groups is 1. The van der Waals surface area contributed by atoms with Crippen LogP contribution in [0.25, 0.3) is 0 Å². The number of aryl methyl sites for hydroxylation is 1. The first-order valence-electron chi connectivity index (χ1n) is 7.77. The molecule has 25 heavy (non-hydrogen) atoms. The van der Waals surface area contributed by atoms with Crippen LogP contribution in [-0.4, -0.2) is 10.9 Å². The third kappa shape index (κ3) is 2.64. The summed E-state index contributed by atoms with van der Waals surface area (Å²) in [5.41, 5.74) is 1.82. The lowest BCUT2D eigenvalue weighted by Crippen LogP contribution is -2.38. The first-order chi connectivity index (χ1) is 12.0. The highest BCUT2D eigenvalue weighted by atomic mass is 35.5. The smallest absolute Gasteiger partial charge is 0.239 e. The largest absolute Gasteiger partial charge is 0.325 e. The predicted molar refractivity (Wildman–Crippen MR) is 97.8 cm³/mol. The van der Waals surface area contributed by atoms with Crippen molar-refractivity contribution in [3.05, 3.63) is 80.5 Å². The van der Waals surface area contributed by atoms with Crippen molar-refractivity contribution < 1.29 is 9.18 Å². The summed E-state index contributed by atoms with van der Waals surface area (Å²) in [7, 11) is 0. The van der Waals surface area contributed by atoms with Gasteiger partial charge in [-0.3, -0.25) is 4.79 Å². The first kappa shape index (κ1) is 16.2. The molecule has 2 aromatic carbocycles. The number of thiazole rings is 1. The monoisotopic (exact) mass is 372 g/mol. The Morgan fingerprint density at radius 3 is 2.68 bits per heavy atom. The Labute approximate surface area is 153 Å². The first-order valence-corrected chi connectivity index (χ1v) is 9.03. The number of aromatic nitrogens is 1. The molecule has 0 saturated carbocycles. The molecule has 1 aliphatic heterocycles. The molecule has 4 rings (SSSR count). The van der Waals surface area contributed by atoms with Gasteiger partial charge in [0, 0.05) is 22.5 Å². The second-order valence-corrected chi connectivity index (χ2v) is 7.59. The molecule has 0 spiro atoms. The van der Waals surface area contributed by atoms with Crippen LogP contribution in [0.15, 0.2) is 47.8 Å². The fourth-order valence-electron chi connectivity index (χ4n) is 3.39. The van der Waals surface area contributed by atoms with Crippen molar-refractivity contribution in [3.8, 4) is 0 Å². The van der Waals surface area contributed by atoms with Crippen molar-refractivity contribution in [2.24, 2.45) is 0 Å². The van der Waals surface area contributed by atoms with Gasteiger partial charge in [0.25, 0.3) is 0 Å². The van der Waals surface area contributed by atoms with Crippen LogP contribution in [-0.2, 0) is 16.6 Å². The lowest BCUT2D eigenvalue weighted by Gasteiger charge is -2.27. The number of rotatable bonds is 3. The number of anilines is 1. The molecule has 2 heterocycles. The number of nitrogens with one attached hydrogen (secondary N) is 1. The Balaban J connectivity index is 1.95. The van der Waals surface area contributed by atoms with Gasteiger partial charge in [-0.2, -0.15) is 0 Å². The Kier molecular flexibility index (Phi) is 3.85. The fraction of sp³-hybridized carbons (Fsp3) is 0.158. The molecule has 1 amide bonds. The van der Waals surface area contributed by atoms with Crippen molar-refractivity contribution in [1.82, 2.24) is 4.98 Å². The third-order valence-electron chi connectivity index (χ3n) is 4.53. The van der Waals surface area contributed by atoms with Gasteiger partial charge in [-0.25, -0.2) is 9.37 Å². The lowest BCUT2D eigenvalue weighted by molar-refractivity contribution is -0.119. The number of amides is 1. The van der Waals surface area contributed by atoms with Gasteiger partial charge in [0.05, 0.1) is 10.7 Å².